The number of hydrogen-bond acceptors (Lipinski definition) is 12. The molecule has 2 aliphatic heterocycles. The van der Waals surface area contributed by atoms with E-state index >= 15 is 0 Å². The zero-order valence-corrected chi connectivity index (χ0v) is 41.7. The van der Waals surface area contributed by atoms with E-state index in [2.05, 4.69) is 42.5 Å². The number of likely N-dealkylation sites (N-methyl/N-ethyl adjacent to an activating group) is 1. The number of carbonyl (C=O) groups is 8. The largest absolute Gasteiger partial charge is 0.496 e. The second kappa shape index (κ2) is 25.9. The molecule has 7 amide bonds. The minimum Gasteiger partial charge on any atom is -0.496 e. The topological polar surface area (TPSA) is 268 Å². The summed E-state index contributed by atoms with van der Waals surface area (Å²) in [6.07, 6.45) is -0.948. The van der Waals surface area contributed by atoms with Crippen LogP contribution in [-0.2, 0) is 49.5 Å². The number of nitrogens with zero attached hydrogens (tertiary/aromatic N) is 2. The summed E-state index contributed by atoms with van der Waals surface area (Å²) >= 11 is 3.49. The first-order valence-corrected chi connectivity index (χ1v) is 23.9. The second-order valence-corrected chi connectivity index (χ2v) is 18.9. The molecule has 0 aliphatic carbocycles. The van der Waals surface area contributed by atoms with Crippen LogP contribution < -0.4 is 37.1 Å². The fourth-order valence-electron chi connectivity index (χ4n) is 8.06. The highest BCUT2D eigenvalue weighted by Gasteiger charge is 2.47. The average molecular weight is 994 g/mol. The zero-order chi connectivity index (χ0) is 49.6. The molecule has 2 heterocycles. The number of cyclic esters (lactones) is 1. The molecule has 0 spiro atoms. The van der Waals surface area contributed by atoms with E-state index < -0.39 is 114 Å². The number of methoxy groups -OCH3 is 1. The molecule has 2 unspecified atom stereocenters. The molecule has 0 radical (unpaired) electrons. The first kappa shape index (κ1) is 55.5. The predicted molar refractivity (Wildman–Crippen MR) is 249 cm³/mol. The van der Waals surface area contributed by atoms with Crippen molar-refractivity contribution in [3.05, 3.63) is 28.2 Å². The Morgan fingerprint density at radius 1 is 0.970 bits per heavy atom. The molecule has 2 aliphatic rings. The van der Waals surface area contributed by atoms with Crippen LogP contribution in [0.1, 0.15) is 112 Å². The molecule has 2 bridgehead atoms. The molecule has 1 aromatic carbocycles. The molecule has 3 rings (SSSR count). The Hall–Kier alpha value is -4.82. The molecule has 1 aromatic rings. The molecular formula is C46H73BrN8O11. The van der Waals surface area contributed by atoms with Gasteiger partial charge in [-0.2, -0.15) is 0 Å². The predicted octanol–water partition coefficient (Wildman–Crippen LogP) is 1.79. The normalized spacial score (nSPS) is 26.0. The summed E-state index contributed by atoms with van der Waals surface area (Å²) in [4.78, 5) is 116. The van der Waals surface area contributed by atoms with Gasteiger partial charge in [0.25, 0.3) is 0 Å². The number of nitrogens with one attached hydrogen (secondary N) is 5. The van der Waals surface area contributed by atoms with Gasteiger partial charge in [0.2, 0.25) is 41.4 Å². The van der Waals surface area contributed by atoms with Gasteiger partial charge < -0.3 is 56.7 Å². The molecule has 2 saturated heterocycles. The molecule has 0 aromatic heterocycles. The lowest BCUT2D eigenvalue weighted by Gasteiger charge is -2.44. The highest BCUT2D eigenvalue weighted by Crippen LogP contribution is 2.29. The van der Waals surface area contributed by atoms with Crippen molar-refractivity contribution in [3.8, 4) is 5.75 Å². The third-order valence-corrected chi connectivity index (χ3v) is 12.9. The van der Waals surface area contributed by atoms with E-state index in [0.717, 1.165) is 4.90 Å². The van der Waals surface area contributed by atoms with Gasteiger partial charge in [0, 0.05) is 19.9 Å². The third-order valence-electron chi connectivity index (χ3n) is 12.3. The van der Waals surface area contributed by atoms with E-state index in [0.29, 0.717) is 41.5 Å². The summed E-state index contributed by atoms with van der Waals surface area (Å²) in [5.74, 6) is -6.98. The highest BCUT2D eigenvalue weighted by atomic mass is 79.9. The van der Waals surface area contributed by atoms with E-state index in [9.17, 15) is 43.5 Å². The summed E-state index contributed by atoms with van der Waals surface area (Å²) in [5.41, 5.74) is 6.38. The molecular weight excluding hydrogens is 920 g/mol. The number of esters is 1. The second-order valence-electron chi connectivity index (χ2n) is 18.1. The van der Waals surface area contributed by atoms with E-state index in [-0.39, 0.29) is 44.6 Å². The van der Waals surface area contributed by atoms with Gasteiger partial charge in [0.15, 0.2) is 0 Å². The van der Waals surface area contributed by atoms with Gasteiger partial charge in [-0.15, -0.1) is 0 Å². The summed E-state index contributed by atoms with van der Waals surface area (Å²) in [6, 6.07) is -4.04. The molecule has 19 nitrogen and oxygen atoms in total. The minimum absolute atomic E-state index is 0.00292. The Bertz CT molecular complexity index is 1880. The van der Waals surface area contributed by atoms with Crippen LogP contribution >= 0.6 is 15.9 Å². The maximum Gasteiger partial charge on any atom is 0.329 e. The molecule has 0 saturated carbocycles. The van der Waals surface area contributed by atoms with Crippen LogP contribution in [0, 0.1) is 17.8 Å². The van der Waals surface area contributed by atoms with Crippen LogP contribution in [0.15, 0.2) is 22.7 Å². The lowest BCUT2D eigenvalue weighted by Crippen LogP contribution is -2.66. The van der Waals surface area contributed by atoms with Gasteiger partial charge in [-0.05, 0) is 103 Å². The fourth-order valence-corrected chi connectivity index (χ4v) is 8.65. The number of ether oxygens (including phenoxy) is 2. The number of benzene rings is 1. The van der Waals surface area contributed by atoms with Crippen LogP contribution in [0.5, 0.6) is 5.75 Å². The van der Waals surface area contributed by atoms with Crippen molar-refractivity contribution in [2.24, 2.45) is 23.5 Å². The van der Waals surface area contributed by atoms with Crippen LogP contribution in [0.4, 0.5) is 0 Å². The number of unbranched alkanes of at least 4 members (excludes halogenated alkanes) is 1. The zero-order valence-electron chi connectivity index (χ0n) is 40.1. The number of aliphatic hydroxyl groups is 1. The summed E-state index contributed by atoms with van der Waals surface area (Å²) in [7, 11) is 2.92. The maximum absolute atomic E-state index is 14.9. The highest BCUT2D eigenvalue weighted by molar-refractivity contribution is 9.10. The van der Waals surface area contributed by atoms with Crippen molar-refractivity contribution in [2.75, 3.05) is 20.7 Å². The number of amides is 7. The van der Waals surface area contributed by atoms with Crippen molar-refractivity contribution >= 4 is 63.2 Å². The van der Waals surface area contributed by atoms with E-state index in [1.165, 1.54) is 26.0 Å². The maximum atomic E-state index is 14.9. The van der Waals surface area contributed by atoms with Gasteiger partial charge >= 0.3 is 5.97 Å². The number of hydrogen-bond donors (Lipinski definition) is 7. The van der Waals surface area contributed by atoms with E-state index in [1.54, 1.807) is 52.8 Å². The summed E-state index contributed by atoms with van der Waals surface area (Å²) in [5, 5.41) is 25.1. The minimum atomic E-state index is -1.63. The van der Waals surface area contributed by atoms with E-state index in [1.807, 2.05) is 13.8 Å². The Balaban J connectivity index is 2.26. The van der Waals surface area contributed by atoms with Gasteiger partial charge in [-0.1, -0.05) is 61.0 Å². The standard InChI is InChI=1S/C46H73BrN8O11/c1-11-15-34(56)51-36(24(3)4)42(60)53-38-27(8)66-46(64)37(25(5)6)52-41(59)32(23-28-17-19-33(65-10)29(47)22-28)54(9)45(63)39(26(7)12-2)55-35(57)20-18-31(44(55)62)50-40(58)30(49-43(38)61)16-13-14-21-48/h17,19,22,24-27,30-32,35-39,57H,11-16,18,20-21,23,48H2,1-10H3,(H,49,61)(H,50,58)(H,51,56)(H,52,59)(H,53,60)/t26?,27-,30+,31?,32+,35-,36+,37+,38+,39-/m1/s1. The Morgan fingerprint density at radius 2 is 1.65 bits per heavy atom. The number of carbonyl (C=O) groups excluding carboxylic acids is 8. The van der Waals surface area contributed by atoms with Crippen LogP contribution in [0.25, 0.3) is 0 Å². The number of piperidine rings is 1. The smallest absolute Gasteiger partial charge is 0.329 e. The monoisotopic (exact) mass is 992 g/mol. The van der Waals surface area contributed by atoms with Crippen LogP contribution in [-0.4, -0.2) is 138 Å². The van der Waals surface area contributed by atoms with Crippen LogP contribution in [0.3, 0.4) is 0 Å². The van der Waals surface area contributed by atoms with Crippen molar-refractivity contribution in [1.29, 1.82) is 0 Å². The van der Waals surface area contributed by atoms with Gasteiger partial charge in [-0.25, -0.2) is 4.79 Å². The van der Waals surface area contributed by atoms with Crippen LogP contribution in [0.2, 0.25) is 0 Å². The molecule has 370 valence electrons. The SMILES string of the molecule is CCCC(=O)N[C@H](C(=O)N[C@@H]1C(=O)N[C@@H](CCCCN)C(=O)NC2CC[C@@H](O)N(C2=O)[C@H](C(C)CC)C(=O)N(C)[C@@H](Cc2ccc(OC)c(Br)c2)C(=O)N[C@@H](C(C)C)C(=O)O[C@@H]1C)C(C)C. The van der Waals surface area contributed by atoms with Gasteiger partial charge in [0.05, 0.1) is 11.6 Å². The Morgan fingerprint density at radius 3 is 2.23 bits per heavy atom. The third kappa shape index (κ3) is 14.6. The van der Waals surface area contributed by atoms with Gasteiger partial charge in [0.1, 0.15) is 60.4 Å². The quantitative estimate of drug-likeness (QED) is 0.0924. The fraction of sp³-hybridized carbons (Fsp3) is 0.696. The molecule has 66 heavy (non-hydrogen) atoms. The number of halogens is 1. The average Bonchev–Trinajstić information content (AvgIpc) is 3.26. The van der Waals surface area contributed by atoms with Crippen molar-refractivity contribution in [2.45, 2.75) is 168 Å². The molecule has 20 heteroatoms. The van der Waals surface area contributed by atoms with Crippen molar-refractivity contribution in [1.82, 2.24) is 36.4 Å². The van der Waals surface area contributed by atoms with Crippen molar-refractivity contribution < 1.29 is 52.9 Å². The Kier molecular flexibility index (Phi) is 21.8. The Labute approximate surface area is 397 Å². The lowest BCUT2D eigenvalue weighted by atomic mass is 9.91. The molecule has 2 fully saturated rings. The number of aliphatic hydroxyl groups excluding tert-OH is 1. The number of nitrogens with two attached hydrogens (primary N) is 1. The number of fused-ring (bicyclic) bond motifs is 2. The lowest BCUT2D eigenvalue weighted by molar-refractivity contribution is -0.168. The molecule has 8 N–H and O–H groups in total. The molecule has 10 atom stereocenters. The summed E-state index contributed by atoms with van der Waals surface area (Å²) < 4.78 is 11.9. The van der Waals surface area contributed by atoms with E-state index in [4.69, 9.17) is 15.2 Å². The number of rotatable bonds is 16. The van der Waals surface area contributed by atoms with Crippen molar-refractivity contribution in [3.63, 3.8) is 0 Å². The van der Waals surface area contributed by atoms with Gasteiger partial charge in [-0.3, -0.25) is 33.6 Å². The first-order valence-electron chi connectivity index (χ1n) is 23.1. The first-order chi connectivity index (χ1) is 31.1. The summed E-state index contributed by atoms with van der Waals surface area (Å²) in [6.45, 7) is 13.8.